The van der Waals surface area contributed by atoms with Crippen molar-refractivity contribution in [2.24, 2.45) is 0 Å². The molecule has 31 heavy (non-hydrogen) atoms. The lowest BCUT2D eigenvalue weighted by atomic mass is 10.1. The van der Waals surface area contributed by atoms with Crippen LogP contribution in [0.1, 0.15) is 50.7 Å². The first-order chi connectivity index (χ1) is 14.9. The summed E-state index contributed by atoms with van der Waals surface area (Å²) in [5.74, 6) is 0.631. The maximum atomic E-state index is 13.0. The molecule has 6 heteroatoms. The largest absolute Gasteiger partial charge is 0.494 e. The molecule has 0 aliphatic carbocycles. The third-order valence-electron chi connectivity index (χ3n) is 5.06. The Morgan fingerprint density at radius 3 is 2.55 bits per heavy atom. The number of halogens is 1. The fourth-order valence-corrected chi connectivity index (χ4v) is 3.59. The van der Waals surface area contributed by atoms with Crippen molar-refractivity contribution in [1.29, 1.82) is 0 Å². The van der Waals surface area contributed by atoms with Crippen LogP contribution in [0.3, 0.4) is 0 Å². The SMILES string of the molecule is CCCCNC(=O)[C@@H](C)N(Cc1cccc(Br)c1)C(=O)CCCOc1ccc(C)cc1. The number of carbonyl (C=O) groups is 2. The van der Waals surface area contributed by atoms with Crippen molar-refractivity contribution in [1.82, 2.24) is 10.2 Å². The number of unbranched alkanes of at least 4 members (excludes halogenated alkanes) is 1. The Bertz CT molecular complexity index is 839. The van der Waals surface area contributed by atoms with Gasteiger partial charge in [-0.05, 0) is 56.5 Å². The van der Waals surface area contributed by atoms with Gasteiger partial charge in [0.1, 0.15) is 11.8 Å². The first-order valence-corrected chi connectivity index (χ1v) is 11.7. The monoisotopic (exact) mass is 488 g/mol. The molecule has 0 spiro atoms. The van der Waals surface area contributed by atoms with Gasteiger partial charge in [0.2, 0.25) is 11.8 Å². The molecule has 2 rings (SSSR count). The number of hydrogen-bond acceptors (Lipinski definition) is 3. The molecule has 0 aromatic heterocycles. The number of amides is 2. The standard InChI is InChI=1S/C25H33BrN2O3/c1-4-5-15-27-25(30)20(3)28(18-21-8-6-9-22(26)17-21)24(29)10-7-16-31-23-13-11-19(2)12-14-23/h6,8-9,11-14,17,20H,4-5,7,10,15-16,18H2,1-3H3,(H,27,30)/t20-/m1/s1. The summed E-state index contributed by atoms with van der Waals surface area (Å²) >= 11 is 3.48. The van der Waals surface area contributed by atoms with Crippen LogP contribution in [-0.4, -0.2) is 35.9 Å². The highest BCUT2D eigenvalue weighted by molar-refractivity contribution is 9.10. The zero-order valence-corrected chi connectivity index (χ0v) is 20.3. The third kappa shape index (κ3) is 8.74. The van der Waals surface area contributed by atoms with Gasteiger partial charge in [-0.15, -0.1) is 0 Å². The summed E-state index contributed by atoms with van der Waals surface area (Å²) in [6.07, 6.45) is 2.85. The van der Waals surface area contributed by atoms with Gasteiger partial charge < -0.3 is 15.0 Å². The van der Waals surface area contributed by atoms with Crippen LogP contribution in [0.4, 0.5) is 0 Å². The van der Waals surface area contributed by atoms with E-state index in [4.69, 9.17) is 4.74 Å². The van der Waals surface area contributed by atoms with Crippen molar-refractivity contribution in [3.63, 3.8) is 0 Å². The third-order valence-corrected chi connectivity index (χ3v) is 5.56. The van der Waals surface area contributed by atoms with Gasteiger partial charge in [0, 0.05) is 24.0 Å². The van der Waals surface area contributed by atoms with E-state index in [0.717, 1.165) is 28.6 Å². The van der Waals surface area contributed by atoms with Gasteiger partial charge in [0.05, 0.1) is 6.61 Å². The Balaban J connectivity index is 1.97. The van der Waals surface area contributed by atoms with Crippen LogP contribution in [0.5, 0.6) is 5.75 Å². The molecule has 1 atom stereocenters. The second-order valence-corrected chi connectivity index (χ2v) is 8.65. The van der Waals surface area contributed by atoms with E-state index in [0.29, 0.717) is 32.5 Å². The van der Waals surface area contributed by atoms with Crippen molar-refractivity contribution in [3.05, 3.63) is 64.1 Å². The van der Waals surface area contributed by atoms with Gasteiger partial charge in [0.15, 0.2) is 0 Å². The molecule has 0 radical (unpaired) electrons. The molecule has 2 aromatic carbocycles. The minimum absolute atomic E-state index is 0.0503. The van der Waals surface area contributed by atoms with Gasteiger partial charge in [-0.1, -0.05) is 59.1 Å². The number of hydrogen-bond donors (Lipinski definition) is 1. The normalized spacial score (nSPS) is 11.6. The molecule has 2 aromatic rings. The highest BCUT2D eigenvalue weighted by atomic mass is 79.9. The van der Waals surface area contributed by atoms with Gasteiger partial charge in [-0.2, -0.15) is 0 Å². The van der Waals surface area contributed by atoms with Crippen LogP contribution in [-0.2, 0) is 16.1 Å². The lowest BCUT2D eigenvalue weighted by molar-refractivity contribution is -0.140. The zero-order chi connectivity index (χ0) is 22.6. The van der Waals surface area contributed by atoms with Crippen LogP contribution >= 0.6 is 15.9 Å². The molecule has 168 valence electrons. The van der Waals surface area contributed by atoms with Crippen molar-refractivity contribution < 1.29 is 14.3 Å². The Hall–Kier alpha value is -2.34. The molecule has 0 heterocycles. The van der Waals surface area contributed by atoms with E-state index in [2.05, 4.69) is 28.2 Å². The van der Waals surface area contributed by atoms with Crippen LogP contribution < -0.4 is 10.1 Å². The van der Waals surface area contributed by atoms with E-state index in [1.54, 1.807) is 11.8 Å². The highest BCUT2D eigenvalue weighted by Gasteiger charge is 2.25. The summed E-state index contributed by atoms with van der Waals surface area (Å²) in [7, 11) is 0. The fraction of sp³-hybridized carbons (Fsp3) is 0.440. The summed E-state index contributed by atoms with van der Waals surface area (Å²) in [6, 6.07) is 15.1. The number of aryl methyl sites for hydroxylation is 1. The van der Waals surface area contributed by atoms with E-state index >= 15 is 0 Å². The molecule has 5 nitrogen and oxygen atoms in total. The van der Waals surface area contributed by atoms with E-state index in [1.165, 1.54) is 5.56 Å². The topological polar surface area (TPSA) is 58.6 Å². The van der Waals surface area contributed by atoms with Crippen LogP contribution in [0.2, 0.25) is 0 Å². The smallest absolute Gasteiger partial charge is 0.242 e. The van der Waals surface area contributed by atoms with Crippen LogP contribution in [0.25, 0.3) is 0 Å². The molecular formula is C25H33BrN2O3. The Morgan fingerprint density at radius 2 is 1.87 bits per heavy atom. The summed E-state index contributed by atoms with van der Waals surface area (Å²) in [6.45, 7) is 7.37. The predicted octanol–water partition coefficient (Wildman–Crippen LogP) is 5.25. The number of nitrogens with one attached hydrogen (secondary N) is 1. The predicted molar refractivity (Wildman–Crippen MR) is 128 cm³/mol. The Labute approximate surface area is 194 Å². The average Bonchev–Trinajstić information content (AvgIpc) is 2.76. The van der Waals surface area contributed by atoms with Crippen molar-refractivity contribution in [2.45, 2.75) is 59.0 Å². The molecular weight excluding hydrogens is 456 g/mol. The molecule has 0 saturated heterocycles. The number of benzene rings is 2. The van der Waals surface area contributed by atoms with E-state index in [-0.39, 0.29) is 11.8 Å². The summed E-state index contributed by atoms with van der Waals surface area (Å²) < 4.78 is 6.69. The average molecular weight is 489 g/mol. The van der Waals surface area contributed by atoms with E-state index < -0.39 is 6.04 Å². The molecule has 0 saturated carbocycles. The number of ether oxygens (including phenoxy) is 1. The minimum Gasteiger partial charge on any atom is -0.494 e. The van der Waals surface area contributed by atoms with Crippen LogP contribution in [0, 0.1) is 6.92 Å². The van der Waals surface area contributed by atoms with Crippen molar-refractivity contribution >= 4 is 27.7 Å². The zero-order valence-electron chi connectivity index (χ0n) is 18.7. The maximum Gasteiger partial charge on any atom is 0.242 e. The second-order valence-electron chi connectivity index (χ2n) is 7.74. The van der Waals surface area contributed by atoms with Gasteiger partial charge >= 0.3 is 0 Å². The van der Waals surface area contributed by atoms with Crippen molar-refractivity contribution in [2.75, 3.05) is 13.2 Å². The lowest BCUT2D eigenvalue weighted by Crippen LogP contribution is -2.47. The van der Waals surface area contributed by atoms with Crippen molar-refractivity contribution in [3.8, 4) is 5.75 Å². The van der Waals surface area contributed by atoms with Gasteiger partial charge in [0.25, 0.3) is 0 Å². The molecule has 0 bridgehead atoms. The first-order valence-electron chi connectivity index (χ1n) is 10.9. The lowest BCUT2D eigenvalue weighted by Gasteiger charge is -2.29. The summed E-state index contributed by atoms with van der Waals surface area (Å²) in [5, 5.41) is 2.94. The highest BCUT2D eigenvalue weighted by Crippen LogP contribution is 2.17. The molecule has 0 unspecified atom stereocenters. The molecule has 1 N–H and O–H groups in total. The van der Waals surface area contributed by atoms with Gasteiger partial charge in [-0.25, -0.2) is 0 Å². The molecule has 0 fully saturated rings. The quantitative estimate of drug-likeness (QED) is 0.415. The van der Waals surface area contributed by atoms with E-state index in [1.807, 2.05) is 55.5 Å². The molecule has 2 amide bonds. The second kappa shape index (κ2) is 13.2. The Kier molecular flexibility index (Phi) is 10.6. The van der Waals surface area contributed by atoms with Crippen LogP contribution in [0.15, 0.2) is 53.0 Å². The first kappa shape index (κ1) is 24.9. The molecule has 0 aliphatic rings. The van der Waals surface area contributed by atoms with E-state index in [9.17, 15) is 9.59 Å². The molecule has 0 aliphatic heterocycles. The maximum absolute atomic E-state index is 13.0. The Morgan fingerprint density at radius 1 is 1.13 bits per heavy atom. The number of carbonyl (C=O) groups excluding carboxylic acids is 2. The minimum atomic E-state index is -0.540. The summed E-state index contributed by atoms with van der Waals surface area (Å²) in [5.41, 5.74) is 2.16. The number of rotatable bonds is 12. The van der Waals surface area contributed by atoms with Gasteiger partial charge in [-0.3, -0.25) is 9.59 Å². The fourth-order valence-electron chi connectivity index (χ4n) is 3.14. The summed E-state index contributed by atoms with van der Waals surface area (Å²) in [4.78, 5) is 27.3. The number of nitrogens with zero attached hydrogens (tertiary/aromatic N) is 1.